The number of Topliss-reactive ketones (excluding diaryl/α,β-unsaturated/α-hetero) is 1. The summed E-state index contributed by atoms with van der Waals surface area (Å²) < 4.78 is 5.67. The number of rotatable bonds is 5. The fourth-order valence-electron chi connectivity index (χ4n) is 3.65. The molecular weight excluding hydrogens is 386 g/mol. The van der Waals surface area contributed by atoms with Crippen LogP contribution < -0.4 is 0 Å². The molecular formula is C20H18ClNO4S. The lowest BCUT2D eigenvalue weighted by molar-refractivity contribution is -0.131. The summed E-state index contributed by atoms with van der Waals surface area (Å²) in [7, 11) is 0. The van der Waals surface area contributed by atoms with Gasteiger partial charge in [-0.1, -0.05) is 29.8 Å². The third kappa shape index (κ3) is 3.40. The van der Waals surface area contributed by atoms with Crippen LogP contribution in [0.25, 0.3) is 0 Å². The Balaban J connectivity index is 1.76. The molecule has 0 radical (unpaired) electrons. The summed E-state index contributed by atoms with van der Waals surface area (Å²) in [5, 5.41) is 12.9. The van der Waals surface area contributed by atoms with E-state index < -0.39 is 17.7 Å². The third-order valence-corrected chi connectivity index (χ3v) is 5.99. The van der Waals surface area contributed by atoms with E-state index in [9.17, 15) is 14.7 Å². The Labute approximate surface area is 165 Å². The normalized spacial score (nSPS) is 22.7. The molecule has 2 unspecified atom stereocenters. The van der Waals surface area contributed by atoms with E-state index in [4.69, 9.17) is 16.3 Å². The number of halogens is 1. The minimum atomic E-state index is -0.685. The number of benzene rings is 1. The number of thiophene rings is 1. The van der Waals surface area contributed by atoms with E-state index in [0.717, 1.165) is 12.8 Å². The van der Waals surface area contributed by atoms with Gasteiger partial charge in [-0.2, -0.15) is 0 Å². The number of carbonyl (C=O) groups is 2. The number of ketones is 1. The van der Waals surface area contributed by atoms with Gasteiger partial charge in [0.1, 0.15) is 0 Å². The van der Waals surface area contributed by atoms with Crippen molar-refractivity contribution in [3.63, 3.8) is 0 Å². The van der Waals surface area contributed by atoms with Crippen LogP contribution in [0.5, 0.6) is 0 Å². The Kier molecular flexibility index (Phi) is 5.04. The maximum atomic E-state index is 13.1. The van der Waals surface area contributed by atoms with E-state index in [2.05, 4.69) is 0 Å². The molecule has 2 aliphatic heterocycles. The molecule has 2 atom stereocenters. The van der Waals surface area contributed by atoms with Crippen molar-refractivity contribution in [2.45, 2.75) is 25.0 Å². The SMILES string of the molecule is O=C(C1=C(O)C(=O)N(CC2CCCO2)C1c1cccc(Cl)c1)c1cccs1. The molecule has 0 saturated carbocycles. The van der Waals surface area contributed by atoms with Gasteiger partial charge in [-0.25, -0.2) is 0 Å². The van der Waals surface area contributed by atoms with Crippen LogP contribution in [-0.4, -0.2) is 41.0 Å². The molecule has 0 bridgehead atoms. The molecule has 140 valence electrons. The van der Waals surface area contributed by atoms with Gasteiger partial charge < -0.3 is 14.7 Å². The maximum absolute atomic E-state index is 13.1. The first-order valence-electron chi connectivity index (χ1n) is 8.75. The van der Waals surface area contributed by atoms with Crippen molar-refractivity contribution in [1.82, 2.24) is 4.90 Å². The van der Waals surface area contributed by atoms with Crippen LogP contribution in [0.3, 0.4) is 0 Å². The predicted molar refractivity (Wildman–Crippen MR) is 103 cm³/mol. The van der Waals surface area contributed by atoms with E-state index in [-0.39, 0.29) is 17.5 Å². The van der Waals surface area contributed by atoms with Crippen LogP contribution in [-0.2, 0) is 9.53 Å². The number of carbonyl (C=O) groups excluding carboxylic acids is 2. The zero-order valence-corrected chi connectivity index (χ0v) is 16.0. The fourth-order valence-corrected chi connectivity index (χ4v) is 4.52. The molecule has 1 aromatic carbocycles. The monoisotopic (exact) mass is 403 g/mol. The molecule has 1 saturated heterocycles. The van der Waals surface area contributed by atoms with Crippen molar-refractivity contribution in [3.05, 3.63) is 68.6 Å². The molecule has 2 aliphatic rings. The Morgan fingerprint density at radius 3 is 2.85 bits per heavy atom. The number of amides is 1. The van der Waals surface area contributed by atoms with Gasteiger partial charge in [0.25, 0.3) is 5.91 Å². The summed E-state index contributed by atoms with van der Waals surface area (Å²) in [4.78, 5) is 27.9. The minimum Gasteiger partial charge on any atom is -0.503 e. The molecule has 1 amide bonds. The van der Waals surface area contributed by atoms with Gasteiger partial charge in [0.2, 0.25) is 5.78 Å². The molecule has 4 rings (SSSR count). The second-order valence-electron chi connectivity index (χ2n) is 6.62. The van der Waals surface area contributed by atoms with E-state index >= 15 is 0 Å². The fraction of sp³-hybridized carbons (Fsp3) is 0.300. The summed E-state index contributed by atoms with van der Waals surface area (Å²) >= 11 is 7.43. The van der Waals surface area contributed by atoms with Crippen molar-refractivity contribution in [1.29, 1.82) is 0 Å². The van der Waals surface area contributed by atoms with Gasteiger partial charge in [-0.05, 0) is 42.0 Å². The number of aliphatic hydroxyl groups is 1. The highest BCUT2D eigenvalue weighted by Crippen LogP contribution is 2.40. The molecule has 0 aliphatic carbocycles. The van der Waals surface area contributed by atoms with E-state index in [1.807, 2.05) is 6.07 Å². The first-order chi connectivity index (χ1) is 13.1. The lowest BCUT2D eigenvalue weighted by atomic mass is 9.95. The predicted octanol–water partition coefficient (Wildman–Crippen LogP) is 4.16. The minimum absolute atomic E-state index is 0.0976. The molecule has 5 nitrogen and oxygen atoms in total. The summed E-state index contributed by atoms with van der Waals surface area (Å²) in [6.07, 6.45) is 1.69. The molecule has 2 aromatic rings. The average molecular weight is 404 g/mol. The summed E-state index contributed by atoms with van der Waals surface area (Å²) in [6, 6.07) is 9.82. The van der Waals surface area contributed by atoms with Gasteiger partial charge >= 0.3 is 0 Å². The molecule has 1 fully saturated rings. The largest absolute Gasteiger partial charge is 0.503 e. The first-order valence-corrected chi connectivity index (χ1v) is 10.0. The third-order valence-electron chi connectivity index (χ3n) is 4.88. The highest BCUT2D eigenvalue weighted by atomic mass is 35.5. The van der Waals surface area contributed by atoms with Gasteiger partial charge in [-0.15, -0.1) is 11.3 Å². The van der Waals surface area contributed by atoms with Crippen LogP contribution >= 0.6 is 22.9 Å². The maximum Gasteiger partial charge on any atom is 0.290 e. The number of aliphatic hydroxyl groups excluding tert-OH is 1. The highest BCUT2D eigenvalue weighted by molar-refractivity contribution is 7.12. The van der Waals surface area contributed by atoms with Crippen LogP contribution in [0.1, 0.15) is 34.1 Å². The molecule has 1 aromatic heterocycles. The van der Waals surface area contributed by atoms with Gasteiger partial charge in [-0.3, -0.25) is 9.59 Å². The van der Waals surface area contributed by atoms with Crippen molar-refractivity contribution < 1.29 is 19.4 Å². The Bertz CT molecular complexity index is 902. The molecule has 0 spiro atoms. The second-order valence-corrected chi connectivity index (χ2v) is 8.00. The van der Waals surface area contributed by atoms with Crippen LogP contribution in [0, 0.1) is 0 Å². The lowest BCUT2D eigenvalue weighted by Gasteiger charge is -2.29. The number of hydrogen-bond acceptors (Lipinski definition) is 5. The molecule has 1 N–H and O–H groups in total. The molecule has 3 heterocycles. The molecule has 27 heavy (non-hydrogen) atoms. The Morgan fingerprint density at radius 1 is 1.33 bits per heavy atom. The van der Waals surface area contributed by atoms with E-state index in [0.29, 0.717) is 28.6 Å². The summed E-state index contributed by atoms with van der Waals surface area (Å²) in [6.45, 7) is 0.982. The van der Waals surface area contributed by atoms with Crippen LogP contribution in [0.4, 0.5) is 0 Å². The Morgan fingerprint density at radius 2 is 2.19 bits per heavy atom. The highest BCUT2D eigenvalue weighted by Gasteiger charge is 2.45. The lowest BCUT2D eigenvalue weighted by Crippen LogP contribution is -2.37. The van der Waals surface area contributed by atoms with Gasteiger partial charge in [0.05, 0.1) is 22.6 Å². The molecule has 7 heteroatoms. The standard InChI is InChI=1S/C20H18ClNO4S/c21-13-5-1-4-12(10-13)17-16(18(23)15-7-3-9-27-15)19(24)20(25)22(17)11-14-6-2-8-26-14/h1,3-5,7,9-10,14,17,24H,2,6,8,11H2. The average Bonchev–Trinajstić information content (AvgIpc) is 3.40. The van der Waals surface area contributed by atoms with Gasteiger partial charge in [0, 0.05) is 18.2 Å². The zero-order chi connectivity index (χ0) is 19.0. The van der Waals surface area contributed by atoms with Crippen molar-refractivity contribution in [3.8, 4) is 0 Å². The van der Waals surface area contributed by atoms with Crippen molar-refractivity contribution >= 4 is 34.6 Å². The zero-order valence-electron chi connectivity index (χ0n) is 14.4. The quantitative estimate of drug-likeness (QED) is 0.761. The van der Waals surface area contributed by atoms with Crippen molar-refractivity contribution in [2.24, 2.45) is 0 Å². The topological polar surface area (TPSA) is 66.8 Å². The van der Waals surface area contributed by atoms with Gasteiger partial charge in [0.15, 0.2) is 5.76 Å². The van der Waals surface area contributed by atoms with Crippen molar-refractivity contribution in [2.75, 3.05) is 13.2 Å². The number of hydrogen-bond donors (Lipinski definition) is 1. The first kappa shape index (κ1) is 18.2. The smallest absolute Gasteiger partial charge is 0.290 e. The summed E-state index contributed by atoms with van der Waals surface area (Å²) in [5.41, 5.74) is 0.792. The Hall–Kier alpha value is -2.15. The number of ether oxygens (including phenoxy) is 1. The number of nitrogens with zero attached hydrogens (tertiary/aromatic N) is 1. The summed E-state index contributed by atoms with van der Waals surface area (Å²) in [5.74, 6) is -1.37. The second kappa shape index (κ2) is 7.46. The van der Waals surface area contributed by atoms with Crippen LogP contribution in [0.15, 0.2) is 53.1 Å². The van der Waals surface area contributed by atoms with Crippen LogP contribution in [0.2, 0.25) is 5.02 Å². The van der Waals surface area contributed by atoms with E-state index in [1.54, 1.807) is 35.7 Å². The van der Waals surface area contributed by atoms with E-state index in [1.165, 1.54) is 16.2 Å².